The normalized spacial score (nSPS) is 10.8. The van der Waals surface area contributed by atoms with Crippen LogP contribution < -0.4 is 10.2 Å². The van der Waals surface area contributed by atoms with Gasteiger partial charge in [0.2, 0.25) is 0 Å². The molecule has 0 aliphatic heterocycles. The van der Waals surface area contributed by atoms with E-state index in [1.165, 1.54) is 0 Å². The van der Waals surface area contributed by atoms with E-state index in [1.54, 1.807) is 12.5 Å². The topological polar surface area (TPSA) is 54.4 Å². The lowest BCUT2D eigenvalue weighted by Crippen LogP contribution is -2.17. The molecule has 98 valence electrons. The maximum Gasteiger partial charge on any atom is 0.297 e. The molecule has 2 rings (SSSR count). The average molecular weight is 249 g/mol. The standard InChI is InChI=1S/C13H19N3O2/c1-3-6-14-8-11-10-18-13(15-11)16(2)9-12-5-4-7-17-12/h4-5,7,10,14H,3,6,8-9H2,1-2H3. The van der Waals surface area contributed by atoms with E-state index >= 15 is 0 Å². The highest BCUT2D eigenvalue weighted by Crippen LogP contribution is 2.15. The Labute approximate surface area is 107 Å². The molecule has 0 atom stereocenters. The summed E-state index contributed by atoms with van der Waals surface area (Å²) in [5, 5.41) is 3.29. The first kappa shape index (κ1) is 12.7. The maximum absolute atomic E-state index is 5.44. The van der Waals surface area contributed by atoms with Crippen molar-refractivity contribution < 1.29 is 8.83 Å². The number of nitrogens with one attached hydrogen (secondary N) is 1. The van der Waals surface area contributed by atoms with Crippen LogP contribution in [0.4, 0.5) is 6.01 Å². The molecule has 0 aromatic carbocycles. The molecule has 2 aromatic rings. The van der Waals surface area contributed by atoms with Crippen LogP contribution in [0.2, 0.25) is 0 Å². The van der Waals surface area contributed by atoms with Crippen molar-refractivity contribution in [2.24, 2.45) is 0 Å². The molecule has 0 saturated carbocycles. The first-order valence-electron chi connectivity index (χ1n) is 6.18. The van der Waals surface area contributed by atoms with E-state index in [0.717, 1.165) is 31.0 Å². The van der Waals surface area contributed by atoms with Gasteiger partial charge in [0.1, 0.15) is 12.0 Å². The van der Waals surface area contributed by atoms with Crippen LogP contribution in [0.1, 0.15) is 24.8 Å². The van der Waals surface area contributed by atoms with Gasteiger partial charge in [-0.25, -0.2) is 0 Å². The van der Waals surface area contributed by atoms with Crippen molar-refractivity contribution >= 4 is 6.01 Å². The summed E-state index contributed by atoms with van der Waals surface area (Å²) < 4.78 is 10.7. The lowest BCUT2D eigenvalue weighted by Gasteiger charge is -2.11. The quantitative estimate of drug-likeness (QED) is 0.764. The molecule has 0 unspecified atom stereocenters. The van der Waals surface area contributed by atoms with Crippen LogP contribution in [0.15, 0.2) is 33.5 Å². The number of oxazole rings is 1. The van der Waals surface area contributed by atoms with Gasteiger partial charge in [0.25, 0.3) is 6.01 Å². The molecule has 0 spiro atoms. The molecule has 1 N–H and O–H groups in total. The molecule has 2 aromatic heterocycles. The molecular formula is C13H19N3O2. The molecule has 0 aliphatic rings. The molecule has 18 heavy (non-hydrogen) atoms. The fourth-order valence-corrected chi connectivity index (χ4v) is 1.65. The highest BCUT2D eigenvalue weighted by Gasteiger charge is 2.10. The van der Waals surface area contributed by atoms with Crippen LogP contribution >= 0.6 is 0 Å². The van der Waals surface area contributed by atoms with Crippen molar-refractivity contribution in [3.8, 4) is 0 Å². The third-order valence-corrected chi connectivity index (χ3v) is 2.57. The number of hydrogen-bond donors (Lipinski definition) is 1. The summed E-state index contributed by atoms with van der Waals surface area (Å²) in [5.74, 6) is 0.890. The van der Waals surface area contributed by atoms with Gasteiger partial charge in [0.15, 0.2) is 0 Å². The van der Waals surface area contributed by atoms with E-state index < -0.39 is 0 Å². The Bertz CT molecular complexity index is 451. The van der Waals surface area contributed by atoms with E-state index in [-0.39, 0.29) is 0 Å². The Morgan fingerprint density at radius 3 is 3.00 bits per heavy atom. The second-order valence-corrected chi connectivity index (χ2v) is 4.23. The summed E-state index contributed by atoms with van der Waals surface area (Å²) in [5.41, 5.74) is 0.921. The summed E-state index contributed by atoms with van der Waals surface area (Å²) in [6.07, 6.45) is 4.47. The van der Waals surface area contributed by atoms with E-state index in [9.17, 15) is 0 Å². The number of hydrogen-bond acceptors (Lipinski definition) is 5. The lowest BCUT2D eigenvalue weighted by molar-refractivity contribution is 0.488. The van der Waals surface area contributed by atoms with Crippen molar-refractivity contribution in [1.82, 2.24) is 10.3 Å². The minimum Gasteiger partial charge on any atom is -0.467 e. The number of nitrogens with zero attached hydrogens (tertiary/aromatic N) is 2. The van der Waals surface area contributed by atoms with E-state index in [0.29, 0.717) is 12.6 Å². The Kier molecular flexibility index (Phi) is 4.41. The second kappa shape index (κ2) is 6.26. The Balaban J connectivity index is 1.88. The zero-order valence-electron chi connectivity index (χ0n) is 10.8. The van der Waals surface area contributed by atoms with Gasteiger partial charge in [-0.1, -0.05) is 6.92 Å². The van der Waals surface area contributed by atoms with Crippen LogP contribution in [-0.4, -0.2) is 18.6 Å². The van der Waals surface area contributed by atoms with E-state index in [1.807, 2.05) is 24.1 Å². The van der Waals surface area contributed by atoms with Gasteiger partial charge in [0, 0.05) is 13.6 Å². The predicted molar refractivity (Wildman–Crippen MR) is 69.3 cm³/mol. The van der Waals surface area contributed by atoms with Crippen molar-refractivity contribution in [2.75, 3.05) is 18.5 Å². The third-order valence-electron chi connectivity index (χ3n) is 2.57. The zero-order chi connectivity index (χ0) is 12.8. The van der Waals surface area contributed by atoms with E-state index in [2.05, 4.69) is 17.2 Å². The van der Waals surface area contributed by atoms with Crippen molar-refractivity contribution in [3.63, 3.8) is 0 Å². The Hall–Kier alpha value is -1.75. The summed E-state index contributed by atoms with van der Waals surface area (Å²) in [6, 6.07) is 4.42. The van der Waals surface area contributed by atoms with Crippen molar-refractivity contribution in [3.05, 3.63) is 36.1 Å². The van der Waals surface area contributed by atoms with Gasteiger partial charge < -0.3 is 19.1 Å². The lowest BCUT2D eigenvalue weighted by atomic mass is 10.4. The third kappa shape index (κ3) is 3.37. The summed E-state index contributed by atoms with van der Waals surface area (Å²) in [6.45, 7) is 4.52. The smallest absolute Gasteiger partial charge is 0.297 e. The summed E-state index contributed by atoms with van der Waals surface area (Å²) >= 11 is 0. The molecule has 5 heteroatoms. The first-order chi connectivity index (χ1) is 8.79. The molecule has 0 radical (unpaired) electrons. The highest BCUT2D eigenvalue weighted by atomic mass is 16.4. The van der Waals surface area contributed by atoms with Gasteiger partial charge in [-0.3, -0.25) is 0 Å². The average Bonchev–Trinajstić information content (AvgIpc) is 3.00. The summed E-state index contributed by atoms with van der Waals surface area (Å²) in [4.78, 5) is 6.34. The number of rotatable bonds is 7. The molecule has 0 fully saturated rings. The van der Waals surface area contributed by atoms with Crippen LogP contribution in [0.5, 0.6) is 0 Å². The van der Waals surface area contributed by atoms with Crippen molar-refractivity contribution in [2.45, 2.75) is 26.4 Å². The van der Waals surface area contributed by atoms with Gasteiger partial charge >= 0.3 is 0 Å². The molecule has 2 heterocycles. The second-order valence-electron chi connectivity index (χ2n) is 4.23. The van der Waals surface area contributed by atoms with Crippen LogP contribution in [0, 0.1) is 0 Å². The van der Waals surface area contributed by atoms with Gasteiger partial charge in [-0.15, -0.1) is 0 Å². The van der Waals surface area contributed by atoms with Gasteiger partial charge in [-0.2, -0.15) is 4.98 Å². The Morgan fingerprint density at radius 2 is 2.28 bits per heavy atom. The fourth-order valence-electron chi connectivity index (χ4n) is 1.65. The predicted octanol–water partition coefficient (Wildman–Crippen LogP) is 2.40. The van der Waals surface area contributed by atoms with Gasteiger partial charge in [0.05, 0.1) is 18.5 Å². The van der Waals surface area contributed by atoms with Crippen molar-refractivity contribution in [1.29, 1.82) is 0 Å². The molecule has 0 aliphatic carbocycles. The minimum atomic E-state index is 0.611. The number of furan rings is 1. The van der Waals surface area contributed by atoms with Crippen LogP contribution in [0.3, 0.4) is 0 Å². The Morgan fingerprint density at radius 1 is 1.39 bits per heavy atom. The highest BCUT2D eigenvalue weighted by molar-refractivity contribution is 5.26. The maximum atomic E-state index is 5.44. The molecular weight excluding hydrogens is 230 g/mol. The van der Waals surface area contributed by atoms with Gasteiger partial charge in [-0.05, 0) is 25.1 Å². The van der Waals surface area contributed by atoms with Crippen LogP contribution in [0.25, 0.3) is 0 Å². The summed E-state index contributed by atoms with van der Waals surface area (Å²) in [7, 11) is 1.93. The first-order valence-corrected chi connectivity index (χ1v) is 6.18. The number of aromatic nitrogens is 1. The molecule has 5 nitrogen and oxygen atoms in total. The monoisotopic (exact) mass is 249 g/mol. The fraction of sp³-hybridized carbons (Fsp3) is 0.462. The molecule has 0 amide bonds. The zero-order valence-corrected chi connectivity index (χ0v) is 10.8. The van der Waals surface area contributed by atoms with Crippen LogP contribution in [-0.2, 0) is 13.1 Å². The van der Waals surface area contributed by atoms with E-state index in [4.69, 9.17) is 8.83 Å². The largest absolute Gasteiger partial charge is 0.467 e. The minimum absolute atomic E-state index is 0.611. The SMILES string of the molecule is CCCNCc1coc(N(C)Cc2ccco2)n1. The number of anilines is 1. The molecule has 0 bridgehead atoms. The molecule has 0 saturated heterocycles.